The molecule has 110 valence electrons. The maximum atomic E-state index is 5.72. The summed E-state index contributed by atoms with van der Waals surface area (Å²) < 4.78 is 0. The second-order valence-corrected chi connectivity index (χ2v) is 7.11. The van der Waals surface area contributed by atoms with Gasteiger partial charge in [0, 0.05) is 31.0 Å². The van der Waals surface area contributed by atoms with Crippen LogP contribution in [0.5, 0.6) is 0 Å². The molecule has 4 N–H and O–H groups in total. The Morgan fingerprint density at radius 1 is 0.500 bits per heavy atom. The zero-order chi connectivity index (χ0) is 15.4. The summed E-state index contributed by atoms with van der Waals surface area (Å²) in [5.41, 5.74) is 13.0. The highest BCUT2D eigenvalue weighted by Crippen LogP contribution is 2.34. The fraction of sp³-hybridized carbons (Fsp3) is 0. The van der Waals surface area contributed by atoms with Gasteiger partial charge in [0.1, 0.15) is 0 Å². The lowest BCUT2D eigenvalue weighted by molar-refractivity contribution is 1.31. The minimum absolute atomic E-state index is 0.789. The van der Waals surface area contributed by atoms with Crippen molar-refractivity contribution in [1.29, 1.82) is 0 Å². The van der Waals surface area contributed by atoms with Gasteiger partial charge in [-0.1, -0.05) is 29.6 Å². The van der Waals surface area contributed by atoms with Crippen LogP contribution < -0.4 is 11.5 Å². The lowest BCUT2D eigenvalue weighted by Crippen LogP contribution is -1.83. The number of anilines is 2. The molecule has 0 saturated heterocycles. The molecule has 0 fully saturated rings. The predicted octanol–water partition coefficient (Wildman–Crippen LogP) is 5.15. The fourth-order valence-electron chi connectivity index (χ4n) is 1.95. The third kappa shape index (κ3) is 4.00. The number of hydrogen-bond acceptors (Lipinski definition) is 4. The molecule has 3 rings (SSSR count). The van der Waals surface area contributed by atoms with Crippen LogP contribution in [0.3, 0.4) is 0 Å². The van der Waals surface area contributed by atoms with Gasteiger partial charge in [0.15, 0.2) is 0 Å². The Morgan fingerprint density at radius 3 is 1.32 bits per heavy atom. The van der Waals surface area contributed by atoms with Crippen molar-refractivity contribution < 1.29 is 0 Å². The quantitative estimate of drug-likeness (QED) is 0.651. The van der Waals surface area contributed by atoms with E-state index in [2.05, 4.69) is 24.3 Å². The second kappa shape index (κ2) is 6.81. The Kier molecular flexibility index (Phi) is 4.61. The molecule has 0 spiro atoms. The van der Waals surface area contributed by atoms with Crippen LogP contribution in [0.15, 0.2) is 92.4 Å². The molecule has 0 aliphatic rings. The van der Waals surface area contributed by atoms with E-state index in [9.17, 15) is 0 Å². The molecule has 0 heterocycles. The van der Waals surface area contributed by atoms with E-state index in [1.54, 1.807) is 23.5 Å². The van der Waals surface area contributed by atoms with Crippen molar-refractivity contribution >= 4 is 34.9 Å². The summed E-state index contributed by atoms with van der Waals surface area (Å²) in [5, 5.41) is 0. The van der Waals surface area contributed by atoms with Gasteiger partial charge in [-0.15, -0.1) is 0 Å². The van der Waals surface area contributed by atoms with Crippen LogP contribution in [0, 0.1) is 0 Å². The third-order valence-corrected chi connectivity index (χ3v) is 5.03. The van der Waals surface area contributed by atoms with E-state index >= 15 is 0 Å². The number of rotatable bonds is 4. The molecule has 3 aromatic rings. The standard InChI is InChI=1S/C18H16N2S2/c19-13-4-8-15(9-5-13)21-17-2-1-3-18(12-17)22-16-10-6-14(20)7-11-16/h1-12H,19-20H2. The normalized spacial score (nSPS) is 10.5. The molecule has 0 aliphatic carbocycles. The number of benzene rings is 3. The van der Waals surface area contributed by atoms with Crippen molar-refractivity contribution in [3.05, 3.63) is 72.8 Å². The van der Waals surface area contributed by atoms with Crippen LogP contribution in [0.4, 0.5) is 11.4 Å². The van der Waals surface area contributed by atoms with Crippen molar-refractivity contribution in [2.45, 2.75) is 19.6 Å². The Morgan fingerprint density at radius 2 is 0.909 bits per heavy atom. The summed E-state index contributed by atoms with van der Waals surface area (Å²) >= 11 is 3.47. The molecular formula is C18H16N2S2. The smallest absolute Gasteiger partial charge is 0.0314 e. The van der Waals surface area contributed by atoms with Crippen molar-refractivity contribution in [3.8, 4) is 0 Å². The molecule has 0 radical (unpaired) electrons. The Hall–Kier alpha value is -2.04. The summed E-state index contributed by atoms with van der Waals surface area (Å²) in [6, 6.07) is 24.4. The maximum absolute atomic E-state index is 5.72. The van der Waals surface area contributed by atoms with E-state index in [1.807, 2.05) is 48.5 Å². The van der Waals surface area contributed by atoms with E-state index in [0.717, 1.165) is 11.4 Å². The van der Waals surface area contributed by atoms with E-state index in [4.69, 9.17) is 11.5 Å². The molecule has 0 atom stereocenters. The van der Waals surface area contributed by atoms with Crippen molar-refractivity contribution in [2.24, 2.45) is 0 Å². The van der Waals surface area contributed by atoms with Gasteiger partial charge in [-0.05, 0) is 66.7 Å². The minimum Gasteiger partial charge on any atom is -0.399 e. The molecular weight excluding hydrogens is 308 g/mol. The lowest BCUT2D eigenvalue weighted by atomic mass is 10.3. The monoisotopic (exact) mass is 324 g/mol. The van der Waals surface area contributed by atoms with E-state index in [-0.39, 0.29) is 0 Å². The number of nitrogens with two attached hydrogens (primary N) is 2. The minimum atomic E-state index is 0.789. The van der Waals surface area contributed by atoms with Crippen LogP contribution in [-0.4, -0.2) is 0 Å². The van der Waals surface area contributed by atoms with Gasteiger partial charge < -0.3 is 11.5 Å². The molecule has 0 bridgehead atoms. The molecule has 22 heavy (non-hydrogen) atoms. The number of hydrogen-bond donors (Lipinski definition) is 2. The molecule has 4 heteroatoms. The van der Waals surface area contributed by atoms with Gasteiger partial charge in [0.05, 0.1) is 0 Å². The zero-order valence-electron chi connectivity index (χ0n) is 11.9. The molecule has 0 amide bonds. The largest absolute Gasteiger partial charge is 0.399 e. The Balaban J connectivity index is 1.74. The summed E-state index contributed by atoms with van der Waals surface area (Å²) in [5.74, 6) is 0. The summed E-state index contributed by atoms with van der Waals surface area (Å²) in [4.78, 5) is 4.79. The fourth-order valence-corrected chi connectivity index (χ4v) is 3.77. The molecule has 0 saturated carbocycles. The van der Waals surface area contributed by atoms with Crippen molar-refractivity contribution in [1.82, 2.24) is 0 Å². The van der Waals surface area contributed by atoms with E-state index < -0.39 is 0 Å². The van der Waals surface area contributed by atoms with Crippen LogP contribution in [0.1, 0.15) is 0 Å². The maximum Gasteiger partial charge on any atom is 0.0314 e. The van der Waals surface area contributed by atoms with Crippen LogP contribution in [0.25, 0.3) is 0 Å². The highest BCUT2D eigenvalue weighted by molar-refractivity contribution is 8.00. The Labute approximate surface area is 138 Å². The van der Waals surface area contributed by atoms with Gasteiger partial charge in [-0.3, -0.25) is 0 Å². The molecule has 0 unspecified atom stereocenters. The van der Waals surface area contributed by atoms with Gasteiger partial charge in [-0.2, -0.15) is 0 Å². The molecule has 3 aromatic carbocycles. The number of nitrogen functional groups attached to an aromatic ring is 2. The van der Waals surface area contributed by atoms with Crippen LogP contribution in [0.2, 0.25) is 0 Å². The van der Waals surface area contributed by atoms with Crippen molar-refractivity contribution in [2.75, 3.05) is 11.5 Å². The van der Waals surface area contributed by atoms with Gasteiger partial charge in [-0.25, -0.2) is 0 Å². The topological polar surface area (TPSA) is 52.0 Å². The Bertz CT molecular complexity index is 690. The molecule has 2 nitrogen and oxygen atoms in total. The van der Waals surface area contributed by atoms with Gasteiger partial charge in [0.25, 0.3) is 0 Å². The van der Waals surface area contributed by atoms with E-state index in [0.29, 0.717) is 0 Å². The predicted molar refractivity (Wildman–Crippen MR) is 96.4 cm³/mol. The van der Waals surface area contributed by atoms with E-state index in [1.165, 1.54) is 19.6 Å². The average molecular weight is 324 g/mol. The highest BCUT2D eigenvalue weighted by atomic mass is 32.2. The molecule has 0 aromatic heterocycles. The van der Waals surface area contributed by atoms with Crippen molar-refractivity contribution in [3.63, 3.8) is 0 Å². The summed E-state index contributed by atoms with van der Waals surface area (Å²) in [7, 11) is 0. The average Bonchev–Trinajstić information content (AvgIpc) is 2.52. The van der Waals surface area contributed by atoms with Gasteiger partial charge >= 0.3 is 0 Å². The highest BCUT2D eigenvalue weighted by Gasteiger charge is 2.01. The van der Waals surface area contributed by atoms with Gasteiger partial charge in [0.2, 0.25) is 0 Å². The van der Waals surface area contributed by atoms with Crippen LogP contribution >= 0.6 is 23.5 Å². The molecule has 0 aliphatic heterocycles. The first-order valence-corrected chi connectivity index (χ1v) is 8.49. The summed E-state index contributed by atoms with van der Waals surface area (Å²) in [6.45, 7) is 0. The first-order chi connectivity index (χ1) is 10.7. The summed E-state index contributed by atoms with van der Waals surface area (Å²) in [6.07, 6.45) is 0. The second-order valence-electron chi connectivity index (χ2n) is 4.82. The first-order valence-electron chi connectivity index (χ1n) is 6.86. The zero-order valence-corrected chi connectivity index (χ0v) is 13.5. The lowest BCUT2D eigenvalue weighted by Gasteiger charge is -2.06. The van der Waals surface area contributed by atoms with Crippen LogP contribution in [-0.2, 0) is 0 Å². The SMILES string of the molecule is Nc1ccc(Sc2cccc(Sc3ccc(N)cc3)c2)cc1. The third-order valence-electron chi connectivity index (χ3n) is 3.04. The first kappa shape index (κ1) is 14.9.